The topological polar surface area (TPSA) is 67.3 Å². The summed E-state index contributed by atoms with van der Waals surface area (Å²) in [5, 5.41) is 3.08. The predicted molar refractivity (Wildman–Crippen MR) is 96.0 cm³/mol. The lowest BCUT2D eigenvalue weighted by molar-refractivity contribution is -0.125. The smallest absolute Gasteiger partial charge is 0.225 e. The number of hydrogen-bond donors (Lipinski definition) is 1. The number of aromatic nitrogens is 2. The third-order valence-corrected chi connectivity index (χ3v) is 4.50. The van der Waals surface area contributed by atoms with E-state index >= 15 is 0 Å². The summed E-state index contributed by atoms with van der Waals surface area (Å²) in [4.78, 5) is 23.3. The van der Waals surface area contributed by atoms with Gasteiger partial charge in [0.2, 0.25) is 11.9 Å². The Kier molecular flexibility index (Phi) is 5.95. The molecule has 0 saturated carbocycles. The highest BCUT2D eigenvalue weighted by atomic mass is 16.5. The van der Waals surface area contributed by atoms with E-state index in [0.29, 0.717) is 25.6 Å². The lowest BCUT2D eigenvalue weighted by Gasteiger charge is -2.32. The molecule has 1 aliphatic heterocycles. The van der Waals surface area contributed by atoms with Crippen LogP contribution in [0.3, 0.4) is 0 Å². The van der Waals surface area contributed by atoms with Gasteiger partial charge in [0.1, 0.15) is 0 Å². The lowest BCUT2D eigenvalue weighted by Crippen LogP contribution is -2.43. The van der Waals surface area contributed by atoms with E-state index < -0.39 is 0 Å². The van der Waals surface area contributed by atoms with Crippen LogP contribution in [0.25, 0.3) is 0 Å². The van der Waals surface area contributed by atoms with Crippen molar-refractivity contribution in [2.75, 3.05) is 25.1 Å². The van der Waals surface area contributed by atoms with Gasteiger partial charge in [0.25, 0.3) is 0 Å². The molecular weight excluding hydrogens is 316 g/mol. The monoisotopic (exact) mass is 340 g/mol. The zero-order valence-corrected chi connectivity index (χ0v) is 14.5. The largest absolute Gasteiger partial charge is 0.380 e. The van der Waals surface area contributed by atoms with Crippen molar-refractivity contribution in [3.63, 3.8) is 0 Å². The maximum Gasteiger partial charge on any atom is 0.225 e. The first kappa shape index (κ1) is 17.4. The van der Waals surface area contributed by atoms with Gasteiger partial charge >= 0.3 is 0 Å². The van der Waals surface area contributed by atoms with E-state index in [0.717, 1.165) is 30.5 Å². The van der Waals surface area contributed by atoms with E-state index in [2.05, 4.69) is 20.2 Å². The number of anilines is 1. The van der Waals surface area contributed by atoms with Crippen molar-refractivity contribution in [2.24, 2.45) is 5.92 Å². The molecule has 0 bridgehead atoms. The van der Waals surface area contributed by atoms with E-state index in [9.17, 15) is 4.79 Å². The molecular formula is C19H24N4O2. The molecule has 1 unspecified atom stereocenters. The highest BCUT2D eigenvalue weighted by Gasteiger charge is 2.26. The molecule has 1 atom stereocenters. The maximum absolute atomic E-state index is 12.6. The Labute approximate surface area is 148 Å². The summed E-state index contributed by atoms with van der Waals surface area (Å²) in [6, 6.07) is 9.82. The van der Waals surface area contributed by atoms with Gasteiger partial charge in [0, 0.05) is 39.1 Å². The van der Waals surface area contributed by atoms with Gasteiger partial charge < -0.3 is 15.0 Å². The average Bonchev–Trinajstić information content (AvgIpc) is 2.68. The van der Waals surface area contributed by atoms with Crippen molar-refractivity contribution in [1.29, 1.82) is 0 Å². The molecule has 1 aromatic heterocycles. The zero-order valence-electron chi connectivity index (χ0n) is 14.5. The number of benzene rings is 1. The van der Waals surface area contributed by atoms with Crippen molar-refractivity contribution >= 4 is 11.9 Å². The van der Waals surface area contributed by atoms with Crippen LogP contribution in [0.2, 0.25) is 0 Å². The van der Waals surface area contributed by atoms with Gasteiger partial charge in [-0.25, -0.2) is 9.97 Å². The molecule has 1 aromatic carbocycles. The van der Waals surface area contributed by atoms with Crippen LogP contribution < -0.4 is 10.2 Å². The SMILES string of the molecule is COCc1ccccc1CNC(=O)C1CCCN(c2ncccn2)C1. The Morgan fingerprint density at radius 3 is 2.76 bits per heavy atom. The van der Waals surface area contributed by atoms with Gasteiger partial charge in [-0.2, -0.15) is 0 Å². The van der Waals surface area contributed by atoms with E-state index in [-0.39, 0.29) is 11.8 Å². The third-order valence-electron chi connectivity index (χ3n) is 4.50. The van der Waals surface area contributed by atoms with E-state index in [4.69, 9.17) is 4.74 Å². The predicted octanol–water partition coefficient (Wildman–Crippen LogP) is 2.16. The molecule has 1 aliphatic rings. The average molecular weight is 340 g/mol. The summed E-state index contributed by atoms with van der Waals surface area (Å²) in [6.45, 7) is 2.63. The van der Waals surface area contributed by atoms with Crippen molar-refractivity contribution in [1.82, 2.24) is 15.3 Å². The van der Waals surface area contributed by atoms with Crippen LogP contribution in [0, 0.1) is 5.92 Å². The van der Waals surface area contributed by atoms with Gasteiger partial charge in [-0.05, 0) is 30.0 Å². The molecule has 2 aromatic rings. The number of hydrogen-bond acceptors (Lipinski definition) is 5. The molecule has 25 heavy (non-hydrogen) atoms. The fourth-order valence-corrected chi connectivity index (χ4v) is 3.18. The van der Waals surface area contributed by atoms with Gasteiger partial charge in [-0.1, -0.05) is 24.3 Å². The first-order valence-electron chi connectivity index (χ1n) is 8.63. The molecule has 0 radical (unpaired) electrons. The van der Waals surface area contributed by atoms with Gasteiger partial charge in [0.15, 0.2) is 0 Å². The molecule has 3 rings (SSSR count). The van der Waals surface area contributed by atoms with E-state index in [1.807, 2.05) is 24.3 Å². The number of rotatable bonds is 6. The summed E-state index contributed by atoms with van der Waals surface area (Å²) in [5.41, 5.74) is 2.20. The molecule has 6 nitrogen and oxygen atoms in total. The number of piperidine rings is 1. The van der Waals surface area contributed by atoms with E-state index in [1.165, 1.54) is 0 Å². The maximum atomic E-state index is 12.6. The molecule has 6 heteroatoms. The van der Waals surface area contributed by atoms with Gasteiger partial charge in [0.05, 0.1) is 12.5 Å². The quantitative estimate of drug-likeness (QED) is 0.873. The second kappa shape index (κ2) is 8.58. The first-order valence-corrected chi connectivity index (χ1v) is 8.63. The minimum Gasteiger partial charge on any atom is -0.380 e. The molecule has 1 N–H and O–H groups in total. The Bertz CT molecular complexity index is 693. The first-order chi connectivity index (χ1) is 12.3. The Morgan fingerprint density at radius 2 is 2.00 bits per heavy atom. The second-order valence-electron chi connectivity index (χ2n) is 6.25. The molecule has 1 amide bonds. The number of amides is 1. The molecule has 132 valence electrons. The number of ether oxygens (including phenoxy) is 1. The highest BCUT2D eigenvalue weighted by molar-refractivity contribution is 5.79. The standard InChI is InChI=1S/C19H24N4O2/c1-25-14-17-7-3-2-6-15(17)12-22-18(24)16-8-4-11-23(13-16)19-20-9-5-10-21-19/h2-3,5-7,9-10,16H,4,8,11-14H2,1H3,(H,22,24). The fraction of sp³-hybridized carbons (Fsp3) is 0.421. The molecule has 1 fully saturated rings. The number of carbonyl (C=O) groups is 1. The zero-order chi connectivity index (χ0) is 17.5. The minimum absolute atomic E-state index is 0.0351. The van der Waals surface area contributed by atoms with Gasteiger partial charge in [-0.3, -0.25) is 4.79 Å². The van der Waals surface area contributed by atoms with E-state index in [1.54, 1.807) is 25.6 Å². The number of nitrogens with one attached hydrogen (secondary N) is 1. The highest BCUT2D eigenvalue weighted by Crippen LogP contribution is 2.20. The van der Waals surface area contributed by atoms with Crippen LogP contribution >= 0.6 is 0 Å². The number of carbonyl (C=O) groups excluding carboxylic acids is 1. The minimum atomic E-state index is -0.0351. The number of nitrogens with zero attached hydrogens (tertiary/aromatic N) is 3. The summed E-state index contributed by atoms with van der Waals surface area (Å²) in [6.07, 6.45) is 5.34. The Morgan fingerprint density at radius 1 is 1.24 bits per heavy atom. The van der Waals surface area contributed by atoms with Crippen LogP contribution in [0.4, 0.5) is 5.95 Å². The van der Waals surface area contributed by atoms with Crippen molar-refractivity contribution < 1.29 is 9.53 Å². The molecule has 0 aliphatic carbocycles. The summed E-state index contributed by atoms with van der Waals surface area (Å²) >= 11 is 0. The van der Waals surface area contributed by atoms with Crippen LogP contribution in [0.5, 0.6) is 0 Å². The number of methoxy groups -OCH3 is 1. The Balaban J connectivity index is 1.58. The Hall–Kier alpha value is -2.47. The summed E-state index contributed by atoms with van der Waals surface area (Å²) in [5.74, 6) is 0.755. The van der Waals surface area contributed by atoms with Crippen LogP contribution in [-0.4, -0.2) is 36.1 Å². The lowest BCUT2D eigenvalue weighted by atomic mass is 9.97. The summed E-state index contributed by atoms with van der Waals surface area (Å²) < 4.78 is 5.22. The molecule has 1 saturated heterocycles. The summed E-state index contributed by atoms with van der Waals surface area (Å²) in [7, 11) is 1.68. The van der Waals surface area contributed by atoms with Crippen molar-refractivity contribution in [3.8, 4) is 0 Å². The third kappa shape index (κ3) is 4.54. The van der Waals surface area contributed by atoms with Gasteiger partial charge in [-0.15, -0.1) is 0 Å². The van der Waals surface area contributed by atoms with Crippen LogP contribution in [0.15, 0.2) is 42.7 Å². The normalized spacial score (nSPS) is 17.3. The fourth-order valence-electron chi connectivity index (χ4n) is 3.18. The van der Waals surface area contributed by atoms with Crippen molar-refractivity contribution in [2.45, 2.75) is 26.0 Å². The van der Waals surface area contributed by atoms with Crippen molar-refractivity contribution in [3.05, 3.63) is 53.9 Å². The molecule has 2 heterocycles. The second-order valence-corrected chi connectivity index (χ2v) is 6.25. The van der Waals surface area contributed by atoms with Crippen LogP contribution in [0.1, 0.15) is 24.0 Å². The molecule has 0 spiro atoms. The van der Waals surface area contributed by atoms with Crippen LogP contribution in [-0.2, 0) is 22.7 Å².